The van der Waals surface area contributed by atoms with Gasteiger partial charge >= 0.3 is 0 Å². The van der Waals surface area contributed by atoms with Crippen LogP contribution in [0.3, 0.4) is 0 Å². The molecule has 2 rings (SSSR count). The molecule has 0 atom stereocenters. The number of hydrogen-bond donors (Lipinski definition) is 1. The average Bonchev–Trinajstić information content (AvgIpc) is 2.34. The van der Waals surface area contributed by atoms with E-state index < -0.39 is 5.82 Å². The van der Waals surface area contributed by atoms with Gasteiger partial charge in [-0.05, 0) is 30.3 Å². The van der Waals surface area contributed by atoms with Gasteiger partial charge in [0.15, 0.2) is 0 Å². The van der Waals surface area contributed by atoms with E-state index in [0.29, 0.717) is 27.0 Å². The summed E-state index contributed by atoms with van der Waals surface area (Å²) in [5, 5.41) is 12.6. The Labute approximate surface area is 114 Å². The lowest BCUT2D eigenvalue weighted by molar-refractivity contribution is 0.628. The van der Waals surface area contributed by atoms with E-state index in [1.165, 1.54) is 18.2 Å². The predicted molar refractivity (Wildman–Crippen MR) is 70.9 cm³/mol. The van der Waals surface area contributed by atoms with Gasteiger partial charge in [-0.15, -0.1) is 0 Å². The third kappa shape index (κ3) is 2.56. The summed E-state index contributed by atoms with van der Waals surface area (Å²) in [6, 6.07) is 10.9. The van der Waals surface area contributed by atoms with E-state index in [4.69, 9.17) is 28.5 Å². The molecule has 0 saturated carbocycles. The molecule has 90 valence electrons. The number of nitriles is 1. The lowest BCUT2D eigenvalue weighted by Gasteiger charge is -2.10. The molecule has 0 amide bonds. The Morgan fingerprint density at radius 1 is 1.06 bits per heavy atom. The summed E-state index contributed by atoms with van der Waals surface area (Å²) in [7, 11) is 0. The fourth-order valence-corrected chi connectivity index (χ4v) is 1.86. The van der Waals surface area contributed by atoms with Gasteiger partial charge in [0, 0.05) is 0 Å². The van der Waals surface area contributed by atoms with Crippen molar-refractivity contribution in [3.8, 4) is 6.07 Å². The molecule has 18 heavy (non-hydrogen) atoms. The minimum absolute atomic E-state index is 0.291. The van der Waals surface area contributed by atoms with Gasteiger partial charge in [0.25, 0.3) is 0 Å². The summed E-state index contributed by atoms with van der Waals surface area (Å²) in [4.78, 5) is 0. The van der Waals surface area contributed by atoms with Gasteiger partial charge < -0.3 is 5.32 Å². The van der Waals surface area contributed by atoms with Crippen LogP contribution >= 0.6 is 23.2 Å². The van der Waals surface area contributed by atoms with Crippen molar-refractivity contribution in [1.82, 2.24) is 0 Å². The van der Waals surface area contributed by atoms with Crippen molar-refractivity contribution in [3.63, 3.8) is 0 Å². The fourth-order valence-electron chi connectivity index (χ4n) is 1.48. The van der Waals surface area contributed by atoms with Gasteiger partial charge in [-0.1, -0.05) is 29.3 Å². The Bertz CT molecular complexity index is 635. The molecular formula is C13H7Cl2FN2. The number of halogens is 3. The van der Waals surface area contributed by atoms with Crippen molar-refractivity contribution >= 4 is 34.6 Å². The van der Waals surface area contributed by atoms with Gasteiger partial charge in [0.1, 0.15) is 11.9 Å². The van der Waals surface area contributed by atoms with E-state index in [9.17, 15) is 4.39 Å². The highest BCUT2D eigenvalue weighted by Crippen LogP contribution is 2.30. The van der Waals surface area contributed by atoms with Crippen LogP contribution < -0.4 is 5.32 Å². The number of nitrogens with one attached hydrogen (secondary N) is 1. The second kappa shape index (κ2) is 5.26. The molecule has 0 aromatic heterocycles. The number of hydrogen-bond acceptors (Lipinski definition) is 2. The average molecular weight is 281 g/mol. The monoisotopic (exact) mass is 280 g/mol. The summed E-state index contributed by atoms with van der Waals surface area (Å²) in [5.74, 6) is -0.414. The molecule has 2 nitrogen and oxygen atoms in total. The van der Waals surface area contributed by atoms with E-state index >= 15 is 0 Å². The first-order valence-electron chi connectivity index (χ1n) is 5.02. The van der Waals surface area contributed by atoms with Gasteiger partial charge in [0.05, 0.1) is 27.0 Å². The van der Waals surface area contributed by atoms with Crippen molar-refractivity contribution < 1.29 is 4.39 Å². The molecule has 0 spiro atoms. The van der Waals surface area contributed by atoms with Crippen LogP contribution in [0.25, 0.3) is 0 Å². The molecule has 5 heteroatoms. The Morgan fingerprint density at radius 2 is 1.83 bits per heavy atom. The minimum atomic E-state index is -0.414. The molecule has 1 N–H and O–H groups in total. The van der Waals surface area contributed by atoms with Gasteiger partial charge in [-0.25, -0.2) is 4.39 Å². The quantitative estimate of drug-likeness (QED) is 0.862. The lowest BCUT2D eigenvalue weighted by Crippen LogP contribution is -1.95. The molecule has 0 fully saturated rings. The van der Waals surface area contributed by atoms with Crippen LogP contribution in [-0.2, 0) is 0 Å². The molecule has 0 saturated heterocycles. The molecule has 2 aromatic rings. The first-order chi connectivity index (χ1) is 8.61. The van der Waals surface area contributed by atoms with Crippen LogP contribution in [0.5, 0.6) is 0 Å². The van der Waals surface area contributed by atoms with Gasteiger partial charge in [0.2, 0.25) is 0 Å². The van der Waals surface area contributed by atoms with Crippen LogP contribution in [0.2, 0.25) is 10.0 Å². The van der Waals surface area contributed by atoms with Crippen LogP contribution in [0.1, 0.15) is 5.56 Å². The highest BCUT2D eigenvalue weighted by molar-refractivity contribution is 6.33. The first kappa shape index (κ1) is 12.7. The van der Waals surface area contributed by atoms with E-state index in [-0.39, 0.29) is 0 Å². The van der Waals surface area contributed by atoms with Crippen LogP contribution in [0.15, 0.2) is 36.4 Å². The Hall–Kier alpha value is -1.76. The molecule has 0 aliphatic carbocycles. The summed E-state index contributed by atoms with van der Waals surface area (Å²) in [5.41, 5.74) is 1.16. The van der Waals surface area contributed by atoms with E-state index in [1.807, 2.05) is 6.07 Å². The first-order valence-corrected chi connectivity index (χ1v) is 5.78. The molecule has 0 bridgehead atoms. The van der Waals surface area contributed by atoms with E-state index in [2.05, 4.69) is 5.32 Å². The topological polar surface area (TPSA) is 35.8 Å². The minimum Gasteiger partial charge on any atom is -0.353 e. The maximum atomic E-state index is 13.1. The largest absolute Gasteiger partial charge is 0.353 e. The smallest absolute Gasteiger partial charge is 0.125 e. The predicted octanol–water partition coefficient (Wildman–Crippen LogP) is 4.75. The molecule has 0 unspecified atom stereocenters. The van der Waals surface area contributed by atoms with Crippen LogP contribution in [0.4, 0.5) is 15.8 Å². The summed E-state index contributed by atoms with van der Waals surface area (Å²) < 4.78 is 13.1. The maximum absolute atomic E-state index is 13.1. The third-order valence-corrected chi connectivity index (χ3v) is 2.97. The molecule has 0 heterocycles. The number of benzene rings is 2. The Kier molecular flexibility index (Phi) is 3.71. The molecular weight excluding hydrogens is 274 g/mol. The van der Waals surface area contributed by atoms with Gasteiger partial charge in [-0.3, -0.25) is 0 Å². The van der Waals surface area contributed by atoms with Crippen molar-refractivity contribution in [1.29, 1.82) is 5.26 Å². The maximum Gasteiger partial charge on any atom is 0.125 e. The van der Waals surface area contributed by atoms with Crippen LogP contribution in [-0.4, -0.2) is 0 Å². The van der Waals surface area contributed by atoms with Crippen molar-refractivity contribution in [2.24, 2.45) is 0 Å². The highest BCUT2D eigenvalue weighted by Gasteiger charge is 2.08. The molecule has 0 radical (unpaired) electrons. The third-order valence-electron chi connectivity index (χ3n) is 2.32. The number of nitrogens with zero attached hydrogens (tertiary/aromatic N) is 1. The molecule has 2 aromatic carbocycles. The lowest BCUT2D eigenvalue weighted by atomic mass is 10.2. The summed E-state index contributed by atoms with van der Waals surface area (Å²) >= 11 is 11.8. The standard InChI is InChI=1S/C13H7Cl2FN2/c14-10-2-1-3-12(9(10)7-17)18-13-6-8(16)4-5-11(13)15/h1-6,18H. The summed E-state index contributed by atoms with van der Waals surface area (Å²) in [6.07, 6.45) is 0. The second-order valence-electron chi connectivity index (χ2n) is 3.52. The number of rotatable bonds is 2. The summed E-state index contributed by atoms with van der Waals surface area (Å²) in [6.45, 7) is 0. The zero-order valence-electron chi connectivity index (χ0n) is 9.05. The normalized spacial score (nSPS) is 9.89. The van der Waals surface area contributed by atoms with Crippen LogP contribution in [0, 0.1) is 17.1 Å². The fraction of sp³-hybridized carbons (Fsp3) is 0. The zero-order chi connectivity index (χ0) is 13.1. The van der Waals surface area contributed by atoms with Gasteiger partial charge in [-0.2, -0.15) is 5.26 Å². The van der Waals surface area contributed by atoms with E-state index in [0.717, 1.165) is 0 Å². The van der Waals surface area contributed by atoms with E-state index in [1.54, 1.807) is 18.2 Å². The number of anilines is 2. The van der Waals surface area contributed by atoms with Crippen molar-refractivity contribution in [3.05, 3.63) is 57.8 Å². The SMILES string of the molecule is N#Cc1c(Cl)cccc1Nc1cc(F)ccc1Cl. The Balaban J connectivity index is 2.44. The second-order valence-corrected chi connectivity index (χ2v) is 4.34. The van der Waals surface area contributed by atoms with Crippen molar-refractivity contribution in [2.45, 2.75) is 0 Å². The highest BCUT2D eigenvalue weighted by atomic mass is 35.5. The Morgan fingerprint density at radius 3 is 2.56 bits per heavy atom. The zero-order valence-corrected chi connectivity index (χ0v) is 10.6. The molecule has 0 aliphatic rings. The van der Waals surface area contributed by atoms with Crippen molar-refractivity contribution in [2.75, 3.05) is 5.32 Å². The molecule has 0 aliphatic heterocycles.